The number of ether oxygens (including phenoxy) is 2. The highest BCUT2D eigenvalue weighted by molar-refractivity contribution is 5.66. The molecule has 3 rings (SSSR count). The van der Waals surface area contributed by atoms with Gasteiger partial charge in [-0.3, -0.25) is 4.79 Å². The first-order chi connectivity index (χ1) is 10.0. The van der Waals surface area contributed by atoms with E-state index >= 15 is 0 Å². The normalized spacial score (nSPS) is 53.0. The van der Waals surface area contributed by atoms with E-state index in [0.717, 1.165) is 6.42 Å². The maximum atomic E-state index is 11.8. The maximum Gasteiger partial charge on any atom is 0.302 e. The Hall–Kier alpha value is -0.650. The predicted molar refractivity (Wildman–Crippen MR) is 79.7 cm³/mol. The topological polar surface area (TPSA) is 76.0 Å². The van der Waals surface area contributed by atoms with Crippen molar-refractivity contribution in [2.24, 2.45) is 28.6 Å². The molecule has 3 fully saturated rings. The number of esters is 1. The van der Waals surface area contributed by atoms with E-state index < -0.39 is 17.3 Å². The van der Waals surface area contributed by atoms with Gasteiger partial charge in [0.05, 0.1) is 12.2 Å². The van der Waals surface area contributed by atoms with Crippen LogP contribution in [0.1, 0.15) is 47.5 Å². The number of carbonyl (C=O) groups excluding carboxylic acids is 1. The summed E-state index contributed by atoms with van der Waals surface area (Å²) in [5.41, 5.74) is -1.69. The molecular formula is C17H28O5. The standard InChI is InChI=1S/C17H28O5/c1-9-6-11(22-10(2)18)13-15(3,4)7-16(5)8-21-14(19)12(9)17(13,16)20/h9,11-14,19-20H,6-8H2,1-5H3/t9-,11+,12-,13+,14+,16-,17-/m1/s1. The molecule has 0 radical (unpaired) electrons. The van der Waals surface area contributed by atoms with Gasteiger partial charge in [0.25, 0.3) is 0 Å². The van der Waals surface area contributed by atoms with Crippen LogP contribution in [0.2, 0.25) is 0 Å². The Balaban J connectivity index is 2.11. The zero-order valence-corrected chi connectivity index (χ0v) is 14.1. The number of aliphatic hydroxyl groups excluding tert-OH is 1. The first kappa shape index (κ1) is 16.2. The van der Waals surface area contributed by atoms with Gasteiger partial charge in [0.2, 0.25) is 0 Å². The lowest BCUT2D eigenvalue weighted by atomic mass is 9.54. The van der Waals surface area contributed by atoms with Crippen molar-refractivity contribution >= 4 is 5.97 Å². The summed E-state index contributed by atoms with van der Waals surface area (Å²) in [6.07, 6.45) is 0.171. The van der Waals surface area contributed by atoms with Crippen molar-refractivity contribution in [3.8, 4) is 0 Å². The van der Waals surface area contributed by atoms with E-state index in [2.05, 4.69) is 13.8 Å². The second kappa shape index (κ2) is 4.68. The highest BCUT2D eigenvalue weighted by Gasteiger charge is 2.74. The van der Waals surface area contributed by atoms with E-state index in [0.29, 0.717) is 13.0 Å². The van der Waals surface area contributed by atoms with E-state index in [1.165, 1.54) is 6.92 Å². The Morgan fingerprint density at radius 2 is 1.95 bits per heavy atom. The summed E-state index contributed by atoms with van der Waals surface area (Å²) in [5.74, 6) is -0.816. The summed E-state index contributed by atoms with van der Waals surface area (Å²) in [6, 6.07) is 0. The summed E-state index contributed by atoms with van der Waals surface area (Å²) < 4.78 is 11.2. The number of rotatable bonds is 1. The zero-order chi connectivity index (χ0) is 16.5. The van der Waals surface area contributed by atoms with E-state index in [1.54, 1.807) is 0 Å². The average Bonchev–Trinajstić information content (AvgIpc) is 2.49. The lowest BCUT2D eigenvalue weighted by Crippen LogP contribution is -2.69. The fourth-order valence-electron chi connectivity index (χ4n) is 6.07. The molecular weight excluding hydrogens is 284 g/mol. The molecule has 5 heteroatoms. The van der Waals surface area contributed by atoms with Crippen LogP contribution in [0.25, 0.3) is 0 Å². The van der Waals surface area contributed by atoms with Crippen molar-refractivity contribution in [1.82, 2.24) is 0 Å². The second-order valence-electron chi connectivity index (χ2n) is 8.62. The summed E-state index contributed by atoms with van der Waals surface area (Å²) in [7, 11) is 0. The van der Waals surface area contributed by atoms with E-state index in [4.69, 9.17) is 9.47 Å². The van der Waals surface area contributed by atoms with Gasteiger partial charge in [-0.2, -0.15) is 0 Å². The van der Waals surface area contributed by atoms with Gasteiger partial charge in [-0.15, -0.1) is 0 Å². The van der Waals surface area contributed by atoms with Gasteiger partial charge >= 0.3 is 5.97 Å². The molecule has 0 aromatic rings. The Bertz CT molecular complexity index is 489. The predicted octanol–water partition coefficient (Wildman–Crippen LogP) is 1.71. The van der Waals surface area contributed by atoms with Gasteiger partial charge in [0, 0.05) is 24.2 Å². The molecule has 1 saturated heterocycles. The van der Waals surface area contributed by atoms with Crippen molar-refractivity contribution in [2.75, 3.05) is 6.61 Å². The van der Waals surface area contributed by atoms with Crippen molar-refractivity contribution < 1.29 is 24.5 Å². The van der Waals surface area contributed by atoms with Gasteiger partial charge in [0.1, 0.15) is 6.10 Å². The summed E-state index contributed by atoms with van der Waals surface area (Å²) >= 11 is 0. The van der Waals surface area contributed by atoms with E-state index in [-0.39, 0.29) is 35.2 Å². The largest absolute Gasteiger partial charge is 0.462 e. The van der Waals surface area contributed by atoms with Gasteiger partial charge in [-0.1, -0.05) is 27.7 Å². The lowest BCUT2D eigenvalue weighted by molar-refractivity contribution is -0.318. The van der Waals surface area contributed by atoms with Crippen LogP contribution in [0.15, 0.2) is 0 Å². The summed E-state index contributed by atoms with van der Waals surface area (Å²) in [5, 5.41) is 22.1. The molecule has 2 saturated carbocycles. The molecule has 7 atom stereocenters. The molecule has 126 valence electrons. The minimum absolute atomic E-state index is 0.0223. The molecule has 0 aromatic carbocycles. The van der Waals surface area contributed by atoms with Crippen LogP contribution >= 0.6 is 0 Å². The minimum atomic E-state index is -1.08. The quantitative estimate of drug-likeness (QED) is 0.721. The lowest BCUT2D eigenvalue weighted by Gasteiger charge is -2.59. The van der Waals surface area contributed by atoms with E-state index in [9.17, 15) is 15.0 Å². The Labute approximate surface area is 132 Å². The Morgan fingerprint density at radius 1 is 1.32 bits per heavy atom. The molecule has 0 aromatic heterocycles. The van der Waals surface area contributed by atoms with Gasteiger partial charge < -0.3 is 19.7 Å². The minimum Gasteiger partial charge on any atom is -0.462 e. The van der Waals surface area contributed by atoms with Gasteiger partial charge in [0.15, 0.2) is 6.29 Å². The molecule has 2 N–H and O–H groups in total. The van der Waals surface area contributed by atoms with Crippen molar-refractivity contribution in [3.63, 3.8) is 0 Å². The highest BCUT2D eigenvalue weighted by Crippen LogP contribution is 2.68. The highest BCUT2D eigenvalue weighted by atomic mass is 16.6. The molecule has 0 unspecified atom stereocenters. The molecule has 2 aliphatic carbocycles. The fourth-order valence-corrected chi connectivity index (χ4v) is 6.07. The number of hydrogen-bond donors (Lipinski definition) is 2. The summed E-state index contributed by atoms with van der Waals surface area (Å²) in [4.78, 5) is 11.5. The molecule has 3 aliphatic rings. The van der Waals surface area contributed by atoms with Crippen molar-refractivity contribution in [3.05, 3.63) is 0 Å². The fraction of sp³-hybridized carbons (Fsp3) is 0.941. The van der Waals surface area contributed by atoms with Crippen LogP contribution < -0.4 is 0 Å². The Kier molecular flexibility index (Phi) is 3.45. The average molecular weight is 312 g/mol. The van der Waals surface area contributed by atoms with Crippen LogP contribution in [0.4, 0.5) is 0 Å². The molecule has 0 spiro atoms. The third-order valence-corrected chi connectivity index (χ3v) is 6.42. The van der Waals surface area contributed by atoms with Crippen LogP contribution in [-0.4, -0.2) is 40.8 Å². The SMILES string of the molecule is CC(=O)O[C@H]1C[C@@H](C)[C@@H]2[C@@H](O)OC[C@@]3(C)CC(C)(C)[C@H]1[C@]23O. The zero-order valence-electron chi connectivity index (χ0n) is 14.1. The van der Waals surface area contributed by atoms with Crippen LogP contribution in [0.5, 0.6) is 0 Å². The molecule has 0 amide bonds. The smallest absolute Gasteiger partial charge is 0.302 e. The van der Waals surface area contributed by atoms with Crippen LogP contribution in [0.3, 0.4) is 0 Å². The Morgan fingerprint density at radius 3 is 2.55 bits per heavy atom. The first-order valence-electron chi connectivity index (χ1n) is 8.22. The molecule has 0 bridgehead atoms. The molecule has 22 heavy (non-hydrogen) atoms. The third-order valence-electron chi connectivity index (χ3n) is 6.42. The molecule has 1 aliphatic heterocycles. The van der Waals surface area contributed by atoms with Crippen LogP contribution in [-0.2, 0) is 14.3 Å². The monoisotopic (exact) mass is 312 g/mol. The number of carbonyl (C=O) groups is 1. The van der Waals surface area contributed by atoms with Gasteiger partial charge in [-0.05, 0) is 24.2 Å². The third kappa shape index (κ3) is 1.91. The van der Waals surface area contributed by atoms with E-state index in [1.807, 2.05) is 13.8 Å². The molecule has 1 heterocycles. The van der Waals surface area contributed by atoms with Crippen molar-refractivity contribution in [1.29, 1.82) is 0 Å². The first-order valence-corrected chi connectivity index (χ1v) is 8.22. The molecule has 5 nitrogen and oxygen atoms in total. The summed E-state index contributed by atoms with van der Waals surface area (Å²) in [6.45, 7) is 10.0. The van der Waals surface area contributed by atoms with Crippen LogP contribution in [0, 0.1) is 28.6 Å². The number of aliphatic hydroxyl groups is 2. The number of hydrogen-bond acceptors (Lipinski definition) is 5. The van der Waals surface area contributed by atoms with Crippen molar-refractivity contribution in [2.45, 2.75) is 65.5 Å². The maximum absolute atomic E-state index is 11.8. The second-order valence-corrected chi connectivity index (χ2v) is 8.62. The van der Waals surface area contributed by atoms with Gasteiger partial charge in [-0.25, -0.2) is 0 Å².